The Hall–Kier alpha value is -3.82. The van der Waals surface area contributed by atoms with Crippen LogP contribution in [0.5, 0.6) is 0 Å². The minimum absolute atomic E-state index is 0.112. The summed E-state index contributed by atoms with van der Waals surface area (Å²) in [5.41, 5.74) is 9.00. The van der Waals surface area contributed by atoms with E-state index in [0.717, 1.165) is 43.0 Å². The summed E-state index contributed by atoms with van der Waals surface area (Å²) in [5, 5.41) is 4.15. The van der Waals surface area contributed by atoms with E-state index in [2.05, 4.69) is 34.2 Å². The van der Waals surface area contributed by atoms with Gasteiger partial charge in [0.15, 0.2) is 0 Å². The van der Waals surface area contributed by atoms with Crippen LogP contribution in [0.25, 0.3) is 5.69 Å². The van der Waals surface area contributed by atoms with Crippen molar-refractivity contribution in [2.24, 2.45) is 5.10 Å². The Bertz CT molecular complexity index is 1610. The number of aryl methyl sites for hydroxylation is 3. The molecular weight excluding hydrogens is 528 g/mol. The number of anilines is 1. The summed E-state index contributed by atoms with van der Waals surface area (Å²) >= 11 is 1.53. The van der Waals surface area contributed by atoms with Gasteiger partial charge in [0.1, 0.15) is 6.54 Å². The average Bonchev–Trinajstić information content (AvgIpc) is 3.20. The first kappa shape index (κ1) is 28.2. The van der Waals surface area contributed by atoms with Gasteiger partial charge in [-0.25, -0.2) is 13.8 Å². The lowest BCUT2D eigenvalue weighted by Crippen LogP contribution is -2.39. The van der Waals surface area contributed by atoms with E-state index in [9.17, 15) is 13.2 Å². The molecule has 39 heavy (non-hydrogen) atoms. The number of hydrazone groups is 1. The number of hydrogen-bond donors (Lipinski definition) is 1. The van der Waals surface area contributed by atoms with Gasteiger partial charge in [-0.1, -0.05) is 35.9 Å². The molecule has 4 aromatic rings. The molecule has 0 unspecified atom stereocenters. The van der Waals surface area contributed by atoms with E-state index in [-0.39, 0.29) is 4.90 Å². The van der Waals surface area contributed by atoms with E-state index in [1.807, 2.05) is 57.4 Å². The lowest BCUT2D eigenvalue weighted by Gasteiger charge is -2.24. The maximum atomic E-state index is 13.6. The number of para-hydroxylation sites is 1. The first-order chi connectivity index (χ1) is 18.6. The summed E-state index contributed by atoms with van der Waals surface area (Å²) in [6.45, 7) is 7.58. The van der Waals surface area contributed by atoms with Gasteiger partial charge in [-0.2, -0.15) is 5.10 Å². The summed E-state index contributed by atoms with van der Waals surface area (Å²) in [4.78, 5) is 14.0. The molecule has 9 heteroatoms. The van der Waals surface area contributed by atoms with E-state index in [1.54, 1.807) is 42.6 Å². The molecule has 1 heterocycles. The minimum atomic E-state index is -4.00. The molecule has 0 bridgehead atoms. The van der Waals surface area contributed by atoms with Crippen molar-refractivity contribution in [2.75, 3.05) is 17.1 Å². The van der Waals surface area contributed by atoms with Crippen LogP contribution in [-0.4, -0.2) is 37.9 Å². The Morgan fingerprint density at radius 2 is 1.64 bits per heavy atom. The maximum absolute atomic E-state index is 13.6. The van der Waals surface area contributed by atoms with E-state index in [4.69, 9.17) is 0 Å². The van der Waals surface area contributed by atoms with E-state index < -0.39 is 22.5 Å². The van der Waals surface area contributed by atoms with Gasteiger partial charge in [0, 0.05) is 27.5 Å². The van der Waals surface area contributed by atoms with Crippen molar-refractivity contribution in [3.63, 3.8) is 0 Å². The van der Waals surface area contributed by atoms with Crippen LogP contribution in [0.4, 0.5) is 5.69 Å². The molecule has 0 saturated carbocycles. The maximum Gasteiger partial charge on any atom is 0.264 e. The molecule has 0 radical (unpaired) electrons. The van der Waals surface area contributed by atoms with Gasteiger partial charge in [0.25, 0.3) is 15.9 Å². The summed E-state index contributed by atoms with van der Waals surface area (Å²) < 4.78 is 30.4. The van der Waals surface area contributed by atoms with Gasteiger partial charge in [0.05, 0.1) is 16.8 Å². The Morgan fingerprint density at radius 1 is 0.974 bits per heavy atom. The zero-order chi connectivity index (χ0) is 28.2. The standard InChI is InChI=1S/C30H32N4O3S2/c1-21-10-12-26(13-11-21)33(39(36,37)28-16-14-27(38-5)15-17-28)20-30(35)32-31-19-25-18-23(3)34(24(25)4)29-9-7-6-8-22(29)2/h6-19H,20H2,1-5H3,(H,32,35)/b31-19-. The lowest BCUT2D eigenvalue weighted by atomic mass is 10.2. The Kier molecular flexibility index (Phi) is 8.62. The Balaban J connectivity index is 1.56. The zero-order valence-corrected chi connectivity index (χ0v) is 24.3. The highest BCUT2D eigenvalue weighted by atomic mass is 32.2. The molecule has 1 amide bonds. The van der Waals surface area contributed by atoms with Crippen LogP contribution in [0.2, 0.25) is 0 Å². The molecule has 0 atom stereocenters. The minimum Gasteiger partial charge on any atom is -0.318 e. The molecular formula is C30H32N4O3S2. The van der Waals surface area contributed by atoms with Crippen molar-refractivity contribution < 1.29 is 13.2 Å². The third kappa shape index (κ3) is 6.26. The van der Waals surface area contributed by atoms with Crippen LogP contribution >= 0.6 is 11.8 Å². The number of nitrogens with zero attached hydrogens (tertiary/aromatic N) is 3. The summed E-state index contributed by atoms with van der Waals surface area (Å²) in [6.07, 6.45) is 3.51. The number of sulfonamides is 1. The molecule has 1 aromatic heterocycles. The Labute approximate surface area is 234 Å². The monoisotopic (exact) mass is 560 g/mol. The molecule has 0 aliphatic carbocycles. The van der Waals surface area contributed by atoms with E-state index in [0.29, 0.717) is 5.69 Å². The SMILES string of the molecule is CSc1ccc(S(=O)(=O)N(CC(=O)N/N=C\c2cc(C)n(-c3ccccc3C)c2C)c2ccc(C)cc2)cc1. The predicted molar refractivity (Wildman–Crippen MR) is 160 cm³/mol. The molecule has 0 spiro atoms. The smallest absolute Gasteiger partial charge is 0.264 e. The van der Waals surface area contributed by atoms with Crippen molar-refractivity contribution in [3.8, 4) is 5.69 Å². The normalized spacial score (nSPS) is 11.6. The summed E-state index contributed by atoms with van der Waals surface area (Å²) in [6, 6.07) is 23.8. The first-order valence-corrected chi connectivity index (χ1v) is 15.1. The number of benzene rings is 3. The highest BCUT2D eigenvalue weighted by Crippen LogP contribution is 2.26. The third-order valence-corrected chi connectivity index (χ3v) is 9.01. The second-order valence-electron chi connectivity index (χ2n) is 9.26. The number of aromatic nitrogens is 1. The predicted octanol–water partition coefficient (Wildman–Crippen LogP) is 5.78. The van der Waals surface area contributed by atoms with E-state index >= 15 is 0 Å². The first-order valence-electron chi connectivity index (χ1n) is 12.4. The fraction of sp³-hybridized carbons (Fsp3) is 0.200. The molecule has 4 rings (SSSR count). The molecule has 0 aliphatic heterocycles. The third-order valence-electron chi connectivity index (χ3n) is 6.48. The van der Waals surface area contributed by atoms with Crippen LogP contribution in [-0.2, 0) is 14.8 Å². The number of carbonyl (C=O) groups excluding carboxylic acids is 1. The molecule has 1 N–H and O–H groups in total. The number of hydrogen-bond acceptors (Lipinski definition) is 5. The topological polar surface area (TPSA) is 83.8 Å². The van der Waals surface area contributed by atoms with Crippen molar-refractivity contribution in [2.45, 2.75) is 37.5 Å². The fourth-order valence-corrected chi connectivity index (χ4v) is 6.17. The molecule has 0 aliphatic rings. The van der Waals surface area contributed by atoms with Crippen LogP contribution in [0.3, 0.4) is 0 Å². The van der Waals surface area contributed by atoms with E-state index in [1.165, 1.54) is 11.8 Å². The number of thioether (sulfide) groups is 1. The number of rotatable bonds is 9. The van der Waals surface area contributed by atoms with Crippen LogP contribution in [0.1, 0.15) is 28.1 Å². The van der Waals surface area contributed by atoms with Gasteiger partial charge in [0.2, 0.25) is 0 Å². The zero-order valence-electron chi connectivity index (χ0n) is 22.7. The Morgan fingerprint density at radius 3 is 2.28 bits per heavy atom. The lowest BCUT2D eigenvalue weighted by molar-refractivity contribution is -0.119. The summed E-state index contributed by atoms with van der Waals surface area (Å²) in [7, 11) is -4.00. The molecule has 0 fully saturated rings. The molecule has 0 saturated heterocycles. The number of amides is 1. The highest BCUT2D eigenvalue weighted by molar-refractivity contribution is 7.98. The highest BCUT2D eigenvalue weighted by Gasteiger charge is 2.27. The second kappa shape index (κ2) is 11.9. The number of nitrogens with one attached hydrogen (secondary N) is 1. The van der Waals surface area contributed by atoms with Gasteiger partial charge in [-0.15, -0.1) is 11.8 Å². The second-order valence-corrected chi connectivity index (χ2v) is 12.0. The molecule has 7 nitrogen and oxygen atoms in total. The van der Waals surface area contributed by atoms with Gasteiger partial charge >= 0.3 is 0 Å². The molecule has 3 aromatic carbocycles. The fourth-order valence-electron chi connectivity index (χ4n) is 4.34. The van der Waals surface area contributed by atoms with Gasteiger partial charge < -0.3 is 4.57 Å². The van der Waals surface area contributed by atoms with Crippen LogP contribution < -0.4 is 9.73 Å². The largest absolute Gasteiger partial charge is 0.318 e. The average molecular weight is 561 g/mol. The van der Waals surface area contributed by atoms with Crippen molar-refractivity contribution in [1.29, 1.82) is 0 Å². The van der Waals surface area contributed by atoms with Gasteiger partial charge in [-0.3, -0.25) is 9.10 Å². The van der Waals surface area contributed by atoms with Crippen molar-refractivity contribution >= 4 is 39.6 Å². The van der Waals surface area contributed by atoms with Crippen molar-refractivity contribution in [1.82, 2.24) is 9.99 Å². The molecule has 202 valence electrons. The van der Waals surface area contributed by atoms with Crippen LogP contribution in [0, 0.1) is 27.7 Å². The quantitative estimate of drug-likeness (QED) is 0.160. The van der Waals surface area contributed by atoms with Crippen molar-refractivity contribution in [3.05, 3.63) is 107 Å². The van der Waals surface area contributed by atoms with Gasteiger partial charge in [-0.05, 0) is 88.0 Å². The van der Waals surface area contributed by atoms with Crippen LogP contribution in [0.15, 0.2) is 93.8 Å². The number of carbonyl (C=O) groups is 1. The summed E-state index contributed by atoms with van der Waals surface area (Å²) in [5.74, 6) is -0.552.